The monoisotopic (exact) mass is 316 g/mol. The Kier molecular flexibility index (Phi) is 4.64. The fourth-order valence-electron chi connectivity index (χ4n) is 2.48. The first kappa shape index (κ1) is 13.5. The summed E-state index contributed by atoms with van der Waals surface area (Å²) < 4.78 is 1.24. The molecule has 0 aliphatic carbocycles. The molecule has 17 heavy (non-hydrogen) atoms. The van der Waals surface area contributed by atoms with Crippen LogP contribution in [-0.2, 0) is 0 Å². The van der Waals surface area contributed by atoms with E-state index in [4.69, 9.17) is 0 Å². The molecule has 2 nitrogen and oxygen atoms in total. The van der Waals surface area contributed by atoms with Gasteiger partial charge in [-0.25, -0.2) is 0 Å². The van der Waals surface area contributed by atoms with Gasteiger partial charge in [-0.2, -0.15) is 0 Å². The highest BCUT2D eigenvalue weighted by Gasteiger charge is 2.24. The molecule has 1 fully saturated rings. The van der Waals surface area contributed by atoms with Crippen LogP contribution < -0.4 is 5.32 Å². The van der Waals surface area contributed by atoms with Crippen LogP contribution in [0, 0.1) is 0 Å². The summed E-state index contributed by atoms with van der Waals surface area (Å²) >= 11 is 5.44. The lowest BCUT2D eigenvalue weighted by atomic mass is 9.98. The van der Waals surface area contributed by atoms with Crippen LogP contribution in [0.3, 0.4) is 0 Å². The molecule has 1 N–H and O–H groups in total. The molecule has 2 heterocycles. The molecule has 0 radical (unpaired) electrons. The Morgan fingerprint density at radius 1 is 1.59 bits per heavy atom. The Labute approximate surface area is 117 Å². The Bertz CT molecular complexity index is 366. The van der Waals surface area contributed by atoms with E-state index in [0.29, 0.717) is 18.1 Å². The van der Waals surface area contributed by atoms with Crippen LogP contribution in [0.15, 0.2) is 15.9 Å². The third-order valence-corrected chi connectivity index (χ3v) is 5.79. The van der Waals surface area contributed by atoms with Crippen molar-refractivity contribution in [2.75, 3.05) is 13.6 Å². The Hall–Kier alpha value is 0.100. The molecular weight excluding hydrogens is 296 g/mol. The average Bonchev–Trinajstić information content (AvgIpc) is 2.70. The van der Waals surface area contributed by atoms with Crippen molar-refractivity contribution >= 4 is 27.3 Å². The van der Waals surface area contributed by atoms with E-state index in [9.17, 15) is 0 Å². The summed E-state index contributed by atoms with van der Waals surface area (Å²) in [6.07, 6.45) is 2.51. The summed E-state index contributed by atoms with van der Waals surface area (Å²) in [4.78, 5) is 3.86. The SMILES string of the molecule is CC(NC1CCN(C)C(C)C1)c1sccc1Br. The van der Waals surface area contributed by atoms with Crippen molar-refractivity contribution in [2.24, 2.45) is 0 Å². The number of nitrogens with zero attached hydrogens (tertiary/aromatic N) is 1. The van der Waals surface area contributed by atoms with E-state index in [2.05, 4.69) is 58.5 Å². The normalized spacial score (nSPS) is 28.2. The number of hydrogen-bond acceptors (Lipinski definition) is 3. The topological polar surface area (TPSA) is 15.3 Å². The van der Waals surface area contributed by atoms with Crippen LogP contribution in [0.4, 0.5) is 0 Å². The second-order valence-corrected chi connectivity index (χ2v) is 6.87. The van der Waals surface area contributed by atoms with Gasteiger partial charge < -0.3 is 10.2 Å². The number of halogens is 1. The average molecular weight is 317 g/mol. The van der Waals surface area contributed by atoms with E-state index >= 15 is 0 Å². The molecule has 1 aromatic heterocycles. The van der Waals surface area contributed by atoms with Gasteiger partial charge in [0, 0.05) is 27.5 Å². The summed E-state index contributed by atoms with van der Waals surface area (Å²) in [5.41, 5.74) is 0. The maximum Gasteiger partial charge on any atom is 0.0399 e. The van der Waals surface area contributed by atoms with Gasteiger partial charge in [-0.05, 0) is 67.7 Å². The molecule has 0 aromatic carbocycles. The summed E-state index contributed by atoms with van der Waals surface area (Å²) in [5.74, 6) is 0. The van der Waals surface area contributed by atoms with Gasteiger partial charge in [-0.3, -0.25) is 0 Å². The van der Waals surface area contributed by atoms with E-state index in [1.54, 1.807) is 0 Å². The van der Waals surface area contributed by atoms with Crippen molar-refractivity contribution in [1.82, 2.24) is 10.2 Å². The van der Waals surface area contributed by atoms with Crippen LogP contribution in [0.2, 0.25) is 0 Å². The number of piperidine rings is 1. The lowest BCUT2D eigenvalue weighted by Gasteiger charge is -2.36. The molecule has 3 unspecified atom stereocenters. The zero-order valence-electron chi connectivity index (χ0n) is 10.7. The Morgan fingerprint density at radius 3 is 2.94 bits per heavy atom. The predicted octanol–water partition coefficient (Wildman–Crippen LogP) is 3.64. The third kappa shape index (κ3) is 3.31. The summed E-state index contributed by atoms with van der Waals surface area (Å²) in [7, 11) is 2.22. The van der Waals surface area contributed by atoms with Crippen LogP contribution >= 0.6 is 27.3 Å². The first-order valence-corrected chi connectivity index (χ1v) is 7.94. The molecule has 96 valence electrons. The summed E-state index contributed by atoms with van der Waals surface area (Å²) in [6.45, 7) is 5.79. The smallest absolute Gasteiger partial charge is 0.0399 e. The Balaban J connectivity index is 1.91. The minimum atomic E-state index is 0.449. The molecule has 0 spiro atoms. The highest BCUT2D eigenvalue weighted by Crippen LogP contribution is 2.30. The van der Waals surface area contributed by atoms with E-state index in [-0.39, 0.29) is 0 Å². The zero-order valence-corrected chi connectivity index (χ0v) is 13.1. The van der Waals surface area contributed by atoms with Gasteiger partial charge in [0.2, 0.25) is 0 Å². The second-order valence-electron chi connectivity index (χ2n) is 5.07. The lowest BCUT2D eigenvalue weighted by Crippen LogP contribution is -2.46. The van der Waals surface area contributed by atoms with Gasteiger partial charge in [-0.1, -0.05) is 0 Å². The molecule has 0 bridgehead atoms. The minimum absolute atomic E-state index is 0.449. The fourth-order valence-corrected chi connectivity index (χ4v) is 4.22. The van der Waals surface area contributed by atoms with Crippen molar-refractivity contribution in [3.8, 4) is 0 Å². The summed E-state index contributed by atoms with van der Waals surface area (Å²) in [5, 5.41) is 5.91. The van der Waals surface area contributed by atoms with Gasteiger partial charge in [0.15, 0.2) is 0 Å². The fraction of sp³-hybridized carbons (Fsp3) is 0.692. The number of hydrogen-bond donors (Lipinski definition) is 1. The standard InChI is InChI=1S/C13H21BrN2S/c1-9-8-11(4-6-16(9)3)15-10(2)13-12(14)5-7-17-13/h5,7,9-11,15H,4,6,8H2,1-3H3. The van der Waals surface area contributed by atoms with Crippen LogP contribution in [0.25, 0.3) is 0 Å². The molecule has 4 heteroatoms. The molecule has 2 rings (SSSR count). The van der Waals surface area contributed by atoms with Crippen molar-refractivity contribution in [3.05, 3.63) is 20.8 Å². The number of thiophene rings is 1. The first-order valence-electron chi connectivity index (χ1n) is 6.27. The third-order valence-electron chi connectivity index (χ3n) is 3.73. The van der Waals surface area contributed by atoms with Crippen molar-refractivity contribution in [1.29, 1.82) is 0 Å². The number of likely N-dealkylation sites (tertiary alicyclic amines) is 1. The van der Waals surface area contributed by atoms with E-state index < -0.39 is 0 Å². The Morgan fingerprint density at radius 2 is 2.35 bits per heavy atom. The maximum absolute atomic E-state index is 3.77. The van der Waals surface area contributed by atoms with Gasteiger partial charge >= 0.3 is 0 Å². The maximum atomic E-state index is 3.77. The molecule has 1 saturated heterocycles. The first-order chi connectivity index (χ1) is 8.08. The van der Waals surface area contributed by atoms with Gasteiger partial charge in [0.05, 0.1) is 0 Å². The van der Waals surface area contributed by atoms with E-state index in [0.717, 1.165) is 0 Å². The molecule has 1 aliphatic rings. The zero-order chi connectivity index (χ0) is 12.4. The van der Waals surface area contributed by atoms with Crippen molar-refractivity contribution in [3.63, 3.8) is 0 Å². The van der Waals surface area contributed by atoms with Gasteiger partial charge in [0.25, 0.3) is 0 Å². The van der Waals surface area contributed by atoms with Crippen LogP contribution in [0.5, 0.6) is 0 Å². The van der Waals surface area contributed by atoms with Gasteiger partial charge in [-0.15, -0.1) is 11.3 Å². The van der Waals surface area contributed by atoms with E-state index in [1.807, 2.05) is 11.3 Å². The predicted molar refractivity (Wildman–Crippen MR) is 78.7 cm³/mol. The van der Waals surface area contributed by atoms with Crippen LogP contribution in [0.1, 0.15) is 37.6 Å². The lowest BCUT2D eigenvalue weighted by molar-refractivity contribution is 0.163. The van der Waals surface area contributed by atoms with Crippen molar-refractivity contribution in [2.45, 2.75) is 44.8 Å². The summed E-state index contributed by atoms with van der Waals surface area (Å²) in [6, 6.07) is 3.94. The van der Waals surface area contributed by atoms with Crippen molar-refractivity contribution < 1.29 is 0 Å². The molecule has 1 aliphatic heterocycles. The highest BCUT2D eigenvalue weighted by molar-refractivity contribution is 9.10. The van der Waals surface area contributed by atoms with Gasteiger partial charge in [0.1, 0.15) is 0 Å². The minimum Gasteiger partial charge on any atom is -0.307 e. The highest BCUT2D eigenvalue weighted by atomic mass is 79.9. The molecule has 3 atom stereocenters. The molecule has 0 saturated carbocycles. The largest absolute Gasteiger partial charge is 0.307 e. The number of nitrogens with one attached hydrogen (secondary N) is 1. The molecule has 0 amide bonds. The second kappa shape index (κ2) is 5.83. The quantitative estimate of drug-likeness (QED) is 0.915. The molecular formula is C13H21BrN2S. The van der Waals surface area contributed by atoms with E-state index in [1.165, 1.54) is 28.7 Å². The molecule has 1 aromatic rings. The number of rotatable bonds is 3. The van der Waals surface area contributed by atoms with Crippen LogP contribution in [-0.4, -0.2) is 30.6 Å².